The number of allylic oxidation sites excluding steroid dienone is 1. The highest BCUT2D eigenvalue weighted by molar-refractivity contribution is 7.07. The van der Waals surface area contributed by atoms with Gasteiger partial charge >= 0.3 is 5.97 Å². The Bertz CT molecular complexity index is 1680. The van der Waals surface area contributed by atoms with Crippen LogP contribution in [0.2, 0.25) is 0 Å². The fourth-order valence-corrected chi connectivity index (χ4v) is 5.81. The molecule has 2 atom stereocenters. The van der Waals surface area contributed by atoms with Gasteiger partial charge in [-0.15, -0.1) is 0 Å². The van der Waals surface area contributed by atoms with E-state index in [2.05, 4.69) is 10.1 Å². The Morgan fingerprint density at radius 1 is 1.08 bits per heavy atom. The van der Waals surface area contributed by atoms with Crippen LogP contribution in [0.3, 0.4) is 0 Å². The van der Waals surface area contributed by atoms with Crippen molar-refractivity contribution in [3.05, 3.63) is 91.1 Å². The molecule has 2 aliphatic heterocycles. The van der Waals surface area contributed by atoms with Gasteiger partial charge in [0.15, 0.2) is 4.80 Å². The molecule has 0 saturated heterocycles. The minimum atomic E-state index is -0.714. The summed E-state index contributed by atoms with van der Waals surface area (Å²) in [5.41, 5.74) is 3.49. The monoisotopic (exact) mass is 543 g/mol. The molecule has 1 amide bonds. The van der Waals surface area contributed by atoms with Crippen molar-refractivity contribution in [3.63, 3.8) is 0 Å². The largest absolute Gasteiger partial charge is 0.463 e. The number of carbonyl (C=O) groups excluding carboxylic acids is 2. The number of anilines is 2. The van der Waals surface area contributed by atoms with E-state index in [1.165, 1.54) is 20.9 Å². The number of ether oxygens (including phenoxy) is 1. The average molecular weight is 544 g/mol. The van der Waals surface area contributed by atoms with Crippen molar-refractivity contribution in [2.75, 3.05) is 30.6 Å². The number of benzene rings is 2. The van der Waals surface area contributed by atoms with E-state index in [4.69, 9.17) is 4.74 Å². The lowest BCUT2D eigenvalue weighted by Crippen LogP contribution is -2.40. The number of carbonyl (C=O) groups is 2. The molecule has 3 heterocycles. The Kier molecular flexibility index (Phi) is 7.05. The number of nitrogens with zero attached hydrogens (tertiary/aromatic N) is 5. The zero-order valence-corrected chi connectivity index (χ0v) is 23.2. The quantitative estimate of drug-likeness (QED) is 0.446. The first-order chi connectivity index (χ1) is 18.7. The van der Waals surface area contributed by atoms with Crippen LogP contribution in [0, 0.1) is 5.92 Å². The molecule has 1 aromatic heterocycles. The van der Waals surface area contributed by atoms with E-state index < -0.39 is 17.9 Å². The summed E-state index contributed by atoms with van der Waals surface area (Å²) in [5, 5.41) is 5.82. The number of hydrogen-bond donors (Lipinski definition) is 0. The van der Waals surface area contributed by atoms with Gasteiger partial charge in [-0.25, -0.2) is 9.79 Å². The maximum absolute atomic E-state index is 13.9. The minimum Gasteiger partial charge on any atom is -0.463 e. The molecule has 10 heteroatoms. The van der Waals surface area contributed by atoms with E-state index in [1.54, 1.807) is 26.8 Å². The summed E-state index contributed by atoms with van der Waals surface area (Å²) in [6.45, 7) is 5.47. The van der Waals surface area contributed by atoms with Crippen molar-refractivity contribution in [1.29, 1.82) is 0 Å². The van der Waals surface area contributed by atoms with Crippen molar-refractivity contribution in [3.8, 4) is 0 Å². The predicted molar refractivity (Wildman–Crippen MR) is 153 cm³/mol. The second-order valence-corrected chi connectivity index (χ2v) is 10.5. The number of fused-ring (bicyclic) bond motifs is 1. The molecule has 0 saturated carbocycles. The van der Waals surface area contributed by atoms with E-state index >= 15 is 0 Å². The molecule has 3 aromatic rings. The smallest absolute Gasteiger partial charge is 0.338 e. The zero-order chi connectivity index (χ0) is 27.8. The van der Waals surface area contributed by atoms with Crippen LogP contribution in [-0.2, 0) is 14.3 Å². The Hall–Kier alpha value is -4.31. The molecule has 0 fully saturated rings. The van der Waals surface area contributed by atoms with Crippen LogP contribution in [-0.4, -0.2) is 42.9 Å². The first-order valence-corrected chi connectivity index (χ1v) is 13.4. The number of para-hydroxylation sites is 1. The third-order valence-electron chi connectivity index (χ3n) is 6.74. The highest BCUT2D eigenvalue weighted by atomic mass is 32.1. The topological polar surface area (TPSA) is 96.6 Å². The number of esters is 1. The van der Waals surface area contributed by atoms with Crippen LogP contribution < -0.4 is 24.8 Å². The van der Waals surface area contributed by atoms with Gasteiger partial charge in [-0.2, -0.15) is 10.1 Å². The normalized spacial score (nSPS) is 19.1. The van der Waals surface area contributed by atoms with E-state index in [0.717, 1.165) is 11.3 Å². The van der Waals surface area contributed by atoms with Crippen LogP contribution in [0.1, 0.15) is 32.4 Å². The predicted octanol–water partition coefficient (Wildman–Crippen LogP) is 2.85. The summed E-state index contributed by atoms with van der Waals surface area (Å²) >= 11 is 1.20. The molecule has 0 spiro atoms. The van der Waals surface area contributed by atoms with Gasteiger partial charge in [0.1, 0.15) is 5.92 Å². The Morgan fingerprint density at radius 2 is 1.77 bits per heavy atom. The van der Waals surface area contributed by atoms with Crippen molar-refractivity contribution in [2.45, 2.75) is 26.8 Å². The molecule has 5 rings (SSSR count). The summed E-state index contributed by atoms with van der Waals surface area (Å²) < 4.78 is 7.26. The number of amides is 1. The summed E-state index contributed by atoms with van der Waals surface area (Å²) in [4.78, 5) is 47.3. The van der Waals surface area contributed by atoms with Crippen molar-refractivity contribution in [1.82, 2.24) is 4.57 Å². The van der Waals surface area contributed by atoms with Crippen LogP contribution >= 0.6 is 11.3 Å². The number of rotatable bonds is 6. The maximum atomic E-state index is 13.9. The SMILES string of the molecule is CCOC(=O)C1=C(C)N=c2s/c(=C/[C@@H]3C(=O)N(c4ccccc4)N=C3C)c(=O)n2[C@H]1c1ccc(N(C)C)cc1. The second-order valence-electron chi connectivity index (χ2n) is 9.52. The summed E-state index contributed by atoms with van der Waals surface area (Å²) in [5.74, 6) is -1.43. The molecule has 0 unspecified atom stereocenters. The second kappa shape index (κ2) is 10.5. The number of hydrazone groups is 1. The molecular weight excluding hydrogens is 514 g/mol. The van der Waals surface area contributed by atoms with Crippen LogP contribution in [0.25, 0.3) is 6.08 Å². The summed E-state index contributed by atoms with van der Waals surface area (Å²) in [6.07, 6.45) is 1.66. The van der Waals surface area contributed by atoms with Gasteiger partial charge in [-0.3, -0.25) is 14.2 Å². The molecule has 0 aliphatic carbocycles. The van der Waals surface area contributed by atoms with Crippen molar-refractivity contribution >= 4 is 46.4 Å². The molecule has 2 aliphatic rings. The third kappa shape index (κ3) is 4.72. The van der Waals surface area contributed by atoms with Gasteiger partial charge in [0, 0.05) is 19.8 Å². The lowest BCUT2D eigenvalue weighted by atomic mass is 9.95. The molecule has 2 aromatic carbocycles. The number of aromatic nitrogens is 1. The van der Waals surface area contributed by atoms with E-state index in [0.29, 0.717) is 32.0 Å². The van der Waals surface area contributed by atoms with Crippen LogP contribution in [0.5, 0.6) is 0 Å². The van der Waals surface area contributed by atoms with E-state index in [1.807, 2.05) is 73.6 Å². The highest BCUT2D eigenvalue weighted by Crippen LogP contribution is 2.32. The Morgan fingerprint density at radius 3 is 2.41 bits per heavy atom. The number of thiazole rings is 1. The zero-order valence-electron chi connectivity index (χ0n) is 22.4. The third-order valence-corrected chi connectivity index (χ3v) is 7.74. The molecule has 0 bridgehead atoms. The first kappa shape index (κ1) is 26.3. The maximum Gasteiger partial charge on any atom is 0.338 e. The van der Waals surface area contributed by atoms with E-state index in [9.17, 15) is 14.4 Å². The first-order valence-electron chi connectivity index (χ1n) is 12.6. The van der Waals surface area contributed by atoms with Gasteiger partial charge in [-0.1, -0.05) is 41.7 Å². The Labute approximate surface area is 229 Å². The van der Waals surface area contributed by atoms with Crippen LogP contribution in [0.4, 0.5) is 11.4 Å². The van der Waals surface area contributed by atoms with Gasteiger partial charge in [-0.05, 0) is 56.7 Å². The van der Waals surface area contributed by atoms with Gasteiger partial charge in [0.25, 0.3) is 11.5 Å². The molecule has 39 heavy (non-hydrogen) atoms. The lowest BCUT2D eigenvalue weighted by Gasteiger charge is -2.25. The number of hydrogen-bond acceptors (Lipinski definition) is 8. The van der Waals surface area contributed by atoms with Gasteiger partial charge in [0.2, 0.25) is 0 Å². The fraction of sp³-hybridized carbons (Fsp3) is 0.276. The summed E-state index contributed by atoms with van der Waals surface area (Å²) in [6, 6.07) is 16.2. The molecule has 0 radical (unpaired) electrons. The fourth-order valence-electron chi connectivity index (χ4n) is 4.75. The minimum absolute atomic E-state index is 0.201. The molecule has 0 N–H and O–H groups in total. The van der Waals surface area contributed by atoms with Crippen molar-refractivity contribution < 1.29 is 14.3 Å². The summed E-state index contributed by atoms with van der Waals surface area (Å²) in [7, 11) is 3.89. The lowest BCUT2D eigenvalue weighted by molar-refractivity contribution is -0.139. The molecule has 200 valence electrons. The van der Waals surface area contributed by atoms with Gasteiger partial charge in [0.05, 0.1) is 39.9 Å². The molecule has 9 nitrogen and oxygen atoms in total. The Balaban J connectivity index is 1.62. The van der Waals surface area contributed by atoms with Crippen LogP contribution in [0.15, 0.2) is 80.8 Å². The average Bonchev–Trinajstić information content (AvgIpc) is 3.38. The highest BCUT2D eigenvalue weighted by Gasteiger charge is 2.35. The van der Waals surface area contributed by atoms with Crippen molar-refractivity contribution in [2.24, 2.45) is 16.0 Å². The molecular formula is C29H29N5O4S. The standard InChI is InChI=1S/C29H29N5O4S/c1-6-38-28(37)24-18(3)30-29-33(25(24)19-12-14-20(15-13-19)32(4)5)27(36)23(39-29)16-22-17(2)31-34(26(22)35)21-10-8-7-9-11-21/h7-16,22,25H,6H2,1-5H3/b23-16+/t22-,25-/m0/s1. The van der Waals surface area contributed by atoms with E-state index in [-0.39, 0.29) is 18.1 Å². The van der Waals surface area contributed by atoms with Gasteiger partial charge < -0.3 is 9.64 Å².